The van der Waals surface area contributed by atoms with Crippen LogP contribution >= 0.6 is 11.6 Å². The molecule has 5 nitrogen and oxygen atoms in total. The van der Waals surface area contributed by atoms with Crippen LogP contribution in [-0.4, -0.2) is 22.1 Å². The van der Waals surface area contributed by atoms with E-state index in [4.69, 9.17) is 11.6 Å². The number of aromatic nitrogens is 2. The Hall–Kier alpha value is -1.59. The summed E-state index contributed by atoms with van der Waals surface area (Å²) in [7, 11) is 0. The van der Waals surface area contributed by atoms with Crippen molar-refractivity contribution in [1.82, 2.24) is 14.9 Å². The first-order valence-corrected chi connectivity index (χ1v) is 6.69. The van der Waals surface area contributed by atoms with Crippen molar-refractivity contribution in [2.75, 3.05) is 6.54 Å². The molecule has 1 fully saturated rings. The standard InChI is InChI=1S/C13H14ClN3O2/c14-9-4-1-5-10-11(9)12(18)17(13(19)16-10)7-8-3-2-6-15-8/h1,4-5,8,15H,2-3,6-7H2,(H,16,19). The monoisotopic (exact) mass is 279 g/mol. The van der Waals surface area contributed by atoms with Crippen molar-refractivity contribution in [2.45, 2.75) is 25.4 Å². The maximum absolute atomic E-state index is 12.4. The number of aromatic amines is 1. The summed E-state index contributed by atoms with van der Waals surface area (Å²) in [4.78, 5) is 27.1. The van der Waals surface area contributed by atoms with E-state index in [2.05, 4.69) is 10.3 Å². The van der Waals surface area contributed by atoms with Gasteiger partial charge in [0.15, 0.2) is 0 Å². The molecule has 0 bridgehead atoms. The average Bonchev–Trinajstić information content (AvgIpc) is 2.87. The van der Waals surface area contributed by atoms with Gasteiger partial charge in [0, 0.05) is 12.6 Å². The molecule has 0 radical (unpaired) electrons. The Morgan fingerprint density at radius 3 is 2.95 bits per heavy atom. The summed E-state index contributed by atoms with van der Waals surface area (Å²) in [6, 6.07) is 5.23. The highest BCUT2D eigenvalue weighted by Crippen LogP contribution is 2.17. The van der Waals surface area contributed by atoms with Gasteiger partial charge in [0.1, 0.15) is 0 Å². The first kappa shape index (κ1) is 12.4. The molecule has 0 amide bonds. The summed E-state index contributed by atoms with van der Waals surface area (Å²) in [5.41, 5.74) is -0.218. The Balaban J connectivity index is 2.16. The molecule has 1 atom stereocenters. The van der Waals surface area contributed by atoms with Crippen LogP contribution in [0.4, 0.5) is 0 Å². The van der Waals surface area contributed by atoms with Crippen LogP contribution < -0.4 is 16.6 Å². The molecule has 1 aromatic heterocycles. The predicted octanol–water partition coefficient (Wildman–Crippen LogP) is 1.10. The van der Waals surface area contributed by atoms with Crippen molar-refractivity contribution >= 4 is 22.5 Å². The molecule has 19 heavy (non-hydrogen) atoms. The van der Waals surface area contributed by atoms with E-state index >= 15 is 0 Å². The maximum Gasteiger partial charge on any atom is 0.328 e. The van der Waals surface area contributed by atoms with E-state index < -0.39 is 0 Å². The van der Waals surface area contributed by atoms with E-state index in [-0.39, 0.29) is 17.3 Å². The molecular formula is C13H14ClN3O2. The van der Waals surface area contributed by atoms with E-state index in [9.17, 15) is 9.59 Å². The van der Waals surface area contributed by atoms with Crippen LogP contribution in [0.2, 0.25) is 5.02 Å². The fraction of sp³-hybridized carbons (Fsp3) is 0.385. The normalized spacial score (nSPS) is 19.1. The lowest BCUT2D eigenvalue weighted by molar-refractivity contribution is 0.487. The highest BCUT2D eigenvalue weighted by Gasteiger charge is 2.18. The molecule has 1 aliphatic rings. The van der Waals surface area contributed by atoms with Gasteiger partial charge in [-0.1, -0.05) is 17.7 Å². The molecule has 1 unspecified atom stereocenters. The van der Waals surface area contributed by atoms with E-state index in [0.717, 1.165) is 19.4 Å². The number of halogens is 1. The minimum Gasteiger partial charge on any atom is -0.312 e. The summed E-state index contributed by atoms with van der Waals surface area (Å²) in [6.45, 7) is 1.32. The van der Waals surface area contributed by atoms with Crippen molar-refractivity contribution in [3.05, 3.63) is 44.1 Å². The molecule has 0 spiro atoms. The van der Waals surface area contributed by atoms with Crippen molar-refractivity contribution in [1.29, 1.82) is 0 Å². The van der Waals surface area contributed by atoms with Gasteiger partial charge >= 0.3 is 5.69 Å². The Labute approximate surface area is 114 Å². The first-order valence-electron chi connectivity index (χ1n) is 6.31. The third-order valence-electron chi connectivity index (χ3n) is 3.52. The SMILES string of the molecule is O=c1[nH]c2cccc(Cl)c2c(=O)n1CC1CCCN1. The van der Waals surface area contributed by atoms with Gasteiger partial charge in [0.2, 0.25) is 0 Å². The first-order chi connectivity index (χ1) is 9.16. The Morgan fingerprint density at radius 2 is 2.21 bits per heavy atom. The van der Waals surface area contributed by atoms with Crippen LogP contribution in [0.3, 0.4) is 0 Å². The van der Waals surface area contributed by atoms with E-state index in [1.807, 2.05) is 0 Å². The van der Waals surface area contributed by atoms with Crippen molar-refractivity contribution in [3.63, 3.8) is 0 Å². The molecule has 0 aliphatic carbocycles. The zero-order chi connectivity index (χ0) is 13.4. The van der Waals surface area contributed by atoms with E-state index in [0.29, 0.717) is 22.5 Å². The van der Waals surface area contributed by atoms with Crippen LogP contribution in [0, 0.1) is 0 Å². The zero-order valence-corrected chi connectivity index (χ0v) is 11.0. The maximum atomic E-state index is 12.4. The molecular weight excluding hydrogens is 266 g/mol. The van der Waals surface area contributed by atoms with E-state index in [1.165, 1.54) is 4.57 Å². The van der Waals surface area contributed by atoms with Crippen molar-refractivity contribution in [3.8, 4) is 0 Å². The lowest BCUT2D eigenvalue weighted by Crippen LogP contribution is -2.40. The number of fused-ring (bicyclic) bond motifs is 1. The van der Waals surface area contributed by atoms with Gasteiger partial charge in [-0.2, -0.15) is 0 Å². The molecule has 1 aliphatic heterocycles. The van der Waals surface area contributed by atoms with Crippen molar-refractivity contribution in [2.24, 2.45) is 0 Å². The summed E-state index contributed by atoms with van der Waals surface area (Å²) in [6.07, 6.45) is 2.05. The zero-order valence-electron chi connectivity index (χ0n) is 10.3. The van der Waals surface area contributed by atoms with Gasteiger partial charge in [0.05, 0.1) is 15.9 Å². The molecule has 2 heterocycles. The van der Waals surface area contributed by atoms with Crippen LogP contribution in [0.25, 0.3) is 10.9 Å². The third-order valence-corrected chi connectivity index (χ3v) is 3.84. The Bertz CT molecular complexity index is 729. The van der Waals surface area contributed by atoms with Gasteiger partial charge in [0.25, 0.3) is 5.56 Å². The lowest BCUT2D eigenvalue weighted by atomic mass is 10.2. The molecule has 0 saturated carbocycles. The largest absolute Gasteiger partial charge is 0.328 e. The second-order valence-corrected chi connectivity index (χ2v) is 5.21. The smallest absolute Gasteiger partial charge is 0.312 e. The number of hydrogen-bond donors (Lipinski definition) is 2. The van der Waals surface area contributed by atoms with E-state index in [1.54, 1.807) is 18.2 Å². The highest BCUT2D eigenvalue weighted by molar-refractivity contribution is 6.35. The Kier molecular flexibility index (Phi) is 3.16. The van der Waals surface area contributed by atoms with Crippen LogP contribution in [-0.2, 0) is 6.54 Å². The molecule has 2 aromatic rings. The number of nitrogens with one attached hydrogen (secondary N) is 2. The summed E-state index contributed by atoms with van der Waals surface area (Å²) >= 11 is 6.05. The average molecular weight is 280 g/mol. The van der Waals surface area contributed by atoms with Gasteiger partial charge < -0.3 is 10.3 Å². The second-order valence-electron chi connectivity index (χ2n) is 4.80. The number of H-pyrrole nitrogens is 1. The quantitative estimate of drug-likeness (QED) is 0.865. The van der Waals surface area contributed by atoms with Crippen LogP contribution in [0.1, 0.15) is 12.8 Å². The highest BCUT2D eigenvalue weighted by atomic mass is 35.5. The second kappa shape index (κ2) is 4.83. The number of hydrogen-bond acceptors (Lipinski definition) is 3. The fourth-order valence-corrected chi connectivity index (χ4v) is 2.81. The molecule has 1 saturated heterocycles. The summed E-state index contributed by atoms with van der Waals surface area (Å²) in [5, 5.41) is 4.02. The number of benzene rings is 1. The topological polar surface area (TPSA) is 66.9 Å². The molecule has 100 valence electrons. The van der Waals surface area contributed by atoms with Crippen molar-refractivity contribution < 1.29 is 0 Å². The van der Waals surface area contributed by atoms with Crippen LogP contribution in [0.15, 0.2) is 27.8 Å². The van der Waals surface area contributed by atoms with Gasteiger partial charge in [-0.25, -0.2) is 4.79 Å². The van der Waals surface area contributed by atoms with Crippen LogP contribution in [0.5, 0.6) is 0 Å². The molecule has 1 aromatic carbocycles. The van der Waals surface area contributed by atoms with Gasteiger partial charge in [-0.3, -0.25) is 9.36 Å². The molecule has 3 rings (SSSR count). The fourth-order valence-electron chi connectivity index (χ4n) is 2.55. The van der Waals surface area contributed by atoms with Gasteiger partial charge in [-0.05, 0) is 31.5 Å². The summed E-state index contributed by atoms with van der Waals surface area (Å²) in [5.74, 6) is 0. The predicted molar refractivity (Wildman–Crippen MR) is 74.9 cm³/mol. The molecule has 6 heteroatoms. The minimum absolute atomic E-state index is 0.179. The summed E-state index contributed by atoms with van der Waals surface area (Å²) < 4.78 is 1.23. The minimum atomic E-state index is -0.381. The third kappa shape index (κ3) is 2.19. The lowest BCUT2D eigenvalue weighted by Gasteiger charge is -2.12. The number of rotatable bonds is 2. The van der Waals surface area contributed by atoms with Gasteiger partial charge in [-0.15, -0.1) is 0 Å². The molecule has 2 N–H and O–H groups in total. The Morgan fingerprint density at radius 1 is 1.37 bits per heavy atom. The number of nitrogens with zero attached hydrogens (tertiary/aromatic N) is 1.